The summed E-state index contributed by atoms with van der Waals surface area (Å²) in [6.45, 7) is 2.55. The second-order valence-electron chi connectivity index (χ2n) is 9.94. The Kier molecular flexibility index (Phi) is 7.72. The average molecular weight is 582 g/mol. The first-order valence-electron chi connectivity index (χ1n) is 12.1. The van der Waals surface area contributed by atoms with Crippen molar-refractivity contribution in [1.82, 2.24) is 19.6 Å². The molecule has 0 spiro atoms. The Bertz CT molecular complexity index is 1240. The first kappa shape index (κ1) is 27.4. The van der Waals surface area contributed by atoms with Crippen molar-refractivity contribution < 1.29 is 36.9 Å². The molecule has 1 saturated carbocycles. The monoisotopic (exact) mass is 581 g/mol. The van der Waals surface area contributed by atoms with Crippen molar-refractivity contribution in [1.29, 1.82) is 0 Å². The van der Waals surface area contributed by atoms with Crippen LogP contribution in [0, 0.1) is 11.8 Å². The Morgan fingerprint density at radius 2 is 1.95 bits per heavy atom. The fourth-order valence-corrected chi connectivity index (χ4v) is 9.88. The number of aliphatic hydroxyl groups excluding tert-OH is 1. The Morgan fingerprint density at radius 1 is 1.24 bits per heavy atom. The van der Waals surface area contributed by atoms with Crippen LogP contribution >= 0.6 is 26.6 Å². The van der Waals surface area contributed by atoms with Gasteiger partial charge in [-0.3, -0.25) is 9.13 Å². The van der Waals surface area contributed by atoms with E-state index in [-0.39, 0.29) is 11.0 Å². The van der Waals surface area contributed by atoms with Gasteiger partial charge in [0.15, 0.2) is 17.6 Å². The van der Waals surface area contributed by atoms with Crippen molar-refractivity contribution in [3.8, 4) is 0 Å². The van der Waals surface area contributed by atoms with Crippen LogP contribution < -0.4 is 4.90 Å². The van der Waals surface area contributed by atoms with Crippen LogP contribution in [0.25, 0.3) is 5.65 Å². The zero-order valence-corrected chi connectivity index (χ0v) is 23.3. The van der Waals surface area contributed by atoms with Crippen LogP contribution in [0.2, 0.25) is 5.28 Å². The van der Waals surface area contributed by atoms with Crippen molar-refractivity contribution in [3.63, 3.8) is 0 Å². The second kappa shape index (κ2) is 10.4. The van der Waals surface area contributed by atoms with E-state index in [1.165, 1.54) is 43.7 Å². The third-order valence-corrected chi connectivity index (χ3v) is 13.0. The Morgan fingerprint density at radius 3 is 2.59 bits per heavy atom. The van der Waals surface area contributed by atoms with E-state index in [0.29, 0.717) is 23.3 Å². The number of alkyl halides is 1. The molecule has 2 aliphatic heterocycles. The minimum absolute atomic E-state index is 0.0178. The summed E-state index contributed by atoms with van der Waals surface area (Å²) in [7, 11) is -4.71. The van der Waals surface area contributed by atoms with Crippen molar-refractivity contribution in [2.45, 2.75) is 43.7 Å². The number of halogens is 2. The molecule has 1 N–H and O–H groups in total. The maximum atomic E-state index is 15.3. The zero-order valence-electron chi connectivity index (χ0n) is 20.8. The van der Waals surface area contributed by atoms with Gasteiger partial charge in [0.1, 0.15) is 24.2 Å². The number of nitrogens with zero attached hydrogens (tertiary/aromatic N) is 5. The predicted octanol–water partition coefficient (Wildman–Crippen LogP) is 3.52. The fraction of sp³-hybridized carbons (Fsp3) is 0.762. The highest BCUT2D eigenvalue weighted by Gasteiger charge is 2.48. The maximum absolute atomic E-state index is 15.3. The van der Waals surface area contributed by atoms with Crippen LogP contribution in [-0.4, -0.2) is 89.6 Å². The minimum atomic E-state index is -3.85. The molecule has 16 heteroatoms. The lowest BCUT2D eigenvalue weighted by atomic mass is 10.0. The van der Waals surface area contributed by atoms with Crippen molar-refractivity contribution in [3.05, 3.63) is 17.2 Å². The van der Waals surface area contributed by atoms with E-state index in [0.717, 1.165) is 20.2 Å². The number of hydrogen-bond acceptors (Lipinski definition) is 11. The summed E-state index contributed by atoms with van der Waals surface area (Å²) < 4.78 is 62.8. The van der Waals surface area contributed by atoms with Gasteiger partial charge in [-0.15, -0.1) is 5.10 Å². The first-order valence-corrected chi connectivity index (χ1v) is 16.5. The molecule has 0 amide bonds. The number of hydrogen-bond donors (Lipinski definition) is 1. The number of anilines is 1. The summed E-state index contributed by atoms with van der Waals surface area (Å²) in [5.74, 6) is 1.34. The third kappa shape index (κ3) is 5.34. The lowest BCUT2D eigenvalue weighted by Gasteiger charge is -2.22. The molecule has 2 aromatic rings. The Balaban J connectivity index is 1.35. The highest BCUT2D eigenvalue weighted by Crippen LogP contribution is 2.61. The average Bonchev–Trinajstić information content (AvgIpc) is 3.62. The summed E-state index contributed by atoms with van der Waals surface area (Å²) >= 11 is 6.25. The van der Waals surface area contributed by atoms with E-state index in [4.69, 9.17) is 29.9 Å². The SMILES string of the molecule is COP(C)(=O)CP(=O)(OC)OC[C@H]1O[C@@H](c2cnc3c(N4CC5CCCC5C4)nc(Cl)nn23)[C@@H](F)[C@@H]1O. The molecule has 0 bridgehead atoms. The van der Waals surface area contributed by atoms with Crippen LogP contribution in [-0.2, 0) is 27.4 Å². The van der Waals surface area contributed by atoms with Crippen molar-refractivity contribution >= 4 is 38.0 Å². The van der Waals surface area contributed by atoms with Crippen molar-refractivity contribution in [2.24, 2.45) is 11.8 Å². The van der Waals surface area contributed by atoms with E-state index in [9.17, 15) is 14.2 Å². The second-order valence-corrected chi connectivity index (χ2v) is 15.6. The summed E-state index contributed by atoms with van der Waals surface area (Å²) in [6.07, 6.45) is -0.815. The molecule has 3 aliphatic rings. The molecule has 0 radical (unpaired) electrons. The van der Waals surface area contributed by atoms with E-state index in [1.807, 2.05) is 0 Å². The molecule has 0 aromatic carbocycles. The van der Waals surface area contributed by atoms with Gasteiger partial charge in [-0.1, -0.05) is 6.42 Å². The van der Waals surface area contributed by atoms with Gasteiger partial charge in [-0.05, 0) is 36.3 Å². The lowest BCUT2D eigenvalue weighted by Crippen LogP contribution is -2.31. The third-order valence-electron chi connectivity index (χ3n) is 7.51. The topological polar surface area (TPSA) is 138 Å². The molecular weight excluding hydrogens is 551 g/mol. The Labute approximate surface area is 218 Å². The van der Waals surface area contributed by atoms with Crippen LogP contribution in [0.3, 0.4) is 0 Å². The molecule has 4 heterocycles. The van der Waals surface area contributed by atoms with E-state index < -0.39 is 52.0 Å². The van der Waals surface area contributed by atoms with Crippen LogP contribution in [0.5, 0.6) is 0 Å². The molecule has 2 saturated heterocycles. The highest BCUT2D eigenvalue weighted by molar-refractivity contribution is 7.73. The standard InChI is InChI=1S/C21H31ClFN5O7P2/c1-32-36(3,30)11-37(31,33-2)34-10-15-17(29)16(23)18(35-15)14-7-24-19-20(25-21(22)26-28(14)19)27-8-12-5-4-6-13(12)9-27/h7,12-13,15-18,29H,4-6,8-11H2,1-3H3/t12?,13?,15-,16+,17-,18+,36?,37?/m1/s1. The lowest BCUT2D eigenvalue weighted by molar-refractivity contribution is -0.0205. The van der Waals surface area contributed by atoms with Crippen LogP contribution in [0.15, 0.2) is 6.20 Å². The summed E-state index contributed by atoms with van der Waals surface area (Å²) in [6, 6.07) is 0. The number of rotatable bonds is 9. The van der Waals surface area contributed by atoms with Crippen molar-refractivity contribution in [2.75, 3.05) is 51.4 Å². The first-order chi connectivity index (χ1) is 17.5. The highest BCUT2D eigenvalue weighted by atomic mass is 35.5. The smallest absolute Gasteiger partial charge is 0.340 e. The van der Waals surface area contributed by atoms with Gasteiger partial charge in [0, 0.05) is 34.0 Å². The van der Waals surface area contributed by atoms with E-state index >= 15 is 4.39 Å². The number of imidazole rings is 1. The normalized spacial score (nSPS) is 33.1. The maximum Gasteiger partial charge on any atom is 0.340 e. The number of aromatic nitrogens is 4. The molecule has 1 aliphatic carbocycles. The van der Waals surface area contributed by atoms with E-state index in [1.54, 1.807) is 0 Å². The number of aliphatic hydroxyl groups is 1. The molecule has 2 aromatic heterocycles. The minimum Gasteiger partial charge on any atom is -0.387 e. The molecule has 12 nitrogen and oxygen atoms in total. The van der Waals surface area contributed by atoms with Gasteiger partial charge < -0.3 is 28.3 Å². The van der Waals surface area contributed by atoms with Gasteiger partial charge in [0.05, 0.1) is 18.5 Å². The molecule has 4 unspecified atom stereocenters. The van der Waals surface area contributed by atoms with E-state index in [2.05, 4.69) is 20.0 Å². The summed E-state index contributed by atoms with van der Waals surface area (Å²) in [5.41, 5.74) is 0.674. The molecule has 5 rings (SSSR count). The molecule has 3 fully saturated rings. The predicted molar refractivity (Wildman–Crippen MR) is 133 cm³/mol. The number of fused-ring (bicyclic) bond motifs is 2. The Hall–Kier alpha value is -1.17. The molecule has 206 valence electrons. The van der Waals surface area contributed by atoms with Crippen LogP contribution in [0.4, 0.5) is 10.2 Å². The largest absolute Gasteiger partial charge is 0.387 e. The van der Waals surface area contributed by atoms with Gasteiger partial charge in [-0.2, -0.15) is 4.98 Å². The van der Waals surface area contributed by atoms with Gasteiger partial charge in [0.2, 0.25) is 12.7 Å². The van der Waals surface area contributed by atoms with Gasteiger partial charge >= 0.3 is 7.60 Å². The summed E-state index contributed by atoms with van der Waals surface area (Å²) in [5, 5.41) is 14.7. The molecule has 37 heavy (non-hydrogen) atoms. The van der Waals surface area contributed by atoms with Gasteiger partial charge in [-0.25, -0.2) is 13.9 Å². The zero-order chi connectivity index (χ0) is 26.5. The quantitative estimate of drug-likeness (QED) is 0.435. The fourth-order valence-electron chi connectivity index (χ4n) is 5.48. The number of ether oxygens (including phenoxy) is 1. The molecular formula is C21H31ClFN5O7P2. The molecule has 8 atom stereocenters. The van der Waals surface area contributed by atoms with Crippen LogP contribution in [0.1, 0.15) is 31.1 Å². The van der Waals surface area contributed by atoms with Gasteiger partial charge in [0.25, 0.3) is 0 Å². The summed E-state index contributed by atoms with van der Waals surface area (Å²) in [4.78, 5) is 11.0.